The number of halogens is 2. The lowest BCUT2D eigenvalue weighted by Crippen LogP contribution is -1.97. The number of aryl methyl sites for hydroxylation is 1. The molecule has 0 amide bonds. The first-order valence-corrected chi connectivity index (χ1v) is 7.01. The van der Waals surface area contributed by atoms with Crippen LogP contribution in [-0.2, 0) is 0 Å². The van der Waals surface area contributed by atoms with Gasteiger partial charge in [-0.05, 0) is 31.2 Å². The fourth-order valence-electron chi connectivity index (χ4n) is 1.63. The molecule has 3 aromatic rings. The average molecular weight is 311 g/mol. The fraction of sp³-hybridized carbons (Fsp3) is 0.0833. The van der Waals surface area contributed by atoms with Crippen LogP contribution in [0, 0.1) is 6.92 Å². The Morgan fingerprint density at radius 2 is 2.00 bits per heavy atom. The molecular weight excluding hydrogens is 303 g/mol. The predicted molar refractivity (Wildman–Crippen MR) is 76.1 cm³/mol. The van der Waals surface area contributed by atoms with Crippen molar-refractivity contribution >= 4 is 40.7 Å². The quantitative estimate of drug-likeness (QED) is 0.673. The van der Waals surface area contributed by atoms with Crippen LogP contribution in [0.25, 0.3) is 5.78 Å². The molecule has 0 bridgehead atoms. The van der Waals surface area contributed by atoms with Gasteiger partial charge in [-0.2, -0.15) is 14.6 Å². The summed E-state index contributed by atoms with van der Waals surface area (Å²) in [5.74, 6) is 0.586. The van der Waals surface area contributed by atoms with Crippen LogP contribution in [0.3, 0.4) is 0 Å². The Bertz CT molecular complexity index is 757. The Kier molecular flexibility index (Phi) is 3.35. The van der Waals surface area contributed by atoms with Gasteiger partial charge in [0, 0.05) is 10.6 Å². The largest absolute Gasteiger partial charge is 0.253 e. The van der Waals surface area contributed by atoms with Gasteiger partial charge in [-0.25, -0.2) is 4.98 Å². The topological polar surface area (TPSA) is 43.1 Å². The summed E-state index contributed by atoms with van der Waals surface area (Å²) < 4.78 is 1.69. The van der Waals surface area contributed by atoms with Crippen LogP contribution in [0.15, 0.2) is 40.5 Å². The smallest absolute Gasteiger partial charge is 0.216 e. The van der Waals surface area contributed by atoms with Crippen molar-refractivity contribution in [3.05, 3.63) is 46.3 Å². The highest BCUT2D eigenvalue weighted by Gasteiger charge is 2.08. The molecule has 0 radical (unpaired) electrons. The van der Waals surface area contributed by atoms with Gasteiger partial charge in [-0.1, -0.05) is 35.0 Å². The molecule has 0 fully saturated rings. The Hall–Kier alpha value is -1.30. The zero-order valence-corrected chi connectivity index (χ0v) is 12.2. The van der Waals surface area contributed by atoms with Gasteiger partial charge in [0.25, 0.3) is 5.78 Å². The fourth-order valence-corrected chi connectivity index (χ4v) is 2.99. The molecule has 0 aliphatic rings. The van der Waals surface area contributed by atoms with Crippen molar-refractivity contribution in [1.29, 1.82) is 0 Å². The van der Waals surface area contributed by atoms with Crippen LogP contribution in [0.2, 0.25) is 10.0 Å². The monoisotopic (exact) mass is 310 g/mol. The summed E-state index contributed by atoms with van der Waals surface area (Å²) in [5.41, 5.74) is 0.892. The molecule has 3 rings (SSSR count). The van der Waals surface area contributed by atoms with E-state index in [1.54, 1.807) is 10.6 Å². The molecule has 96 valence electrons. The van der Waals surface area contributed by atoms with Gasteiger partial charge in [0.1, 0.15) is 11.4 Å². The lowest BCUT2D eigenvalue weighted by Gasteiger charge is -2.05. The second-order valence-electron chi connectivity index (χ2n) is 3.89. The van der Waals surface area contributed by atoms with E-state index in [1.165, 1.54) is 18.1 Å². The lowest BCUT2D eigenvalue weighted by atomic mass is 10.4. The minimum Gasteiger partial charge on any atom is -0.216 e. The maximum Gasteiger partial charge on any atom is 0.253 e. The molecule has 0 atom stereocenters. The predicted octanol–water partition coefficient (Wildman–Crippen LogP) is 3.89. The third-order valence-corrected chi connectivity index (χ3v) is 4.19. The van der Waals surface area contributed by atoms with E-state index in [9.17, 15) is 0 Å². The first-order chi connectivity index (χ1) is 9.13. The van der Waals surface area contributed by atoms with E-state index in [0.29, 0.717) is 15.8 Å². The molecule has 0 saturated carbocycles. The molecule has 7 heteroatoms. The molecule has 4 nitrogen and oxygen atoms in total. The molecule has 0 saturated heterocycles. The van der Waals surface area contributed by atoms with E-state index >= 15 is 0 Å². The highest BCUT2D eigenvalue weighted by molar-refractivity contribution is 7.99. The van der Waals surface area contributed by atoms with Crippen molar-refractivity contribution in [2.45, 2.75) is 16.8 Å². The molecule has 19 heavy (non-hydrogen) atoms. The van der Waals surface area contributed by atoms with Gasteiger partial charge in [-0.15, -0.1) is 0 Å². The van der Waals surface area contributed by atoms with Crippen LogP contribution in [-0.4, -0.2) is 19.6 Å². The Balaban J connectivity index is 2.04. The number of hydrogen-bond donors (Lipinski definition) is 0. The average Bonchev–Trinajstić information content (AvgIpc) is 2.82. The van der Waals surface area contributed by atoms with Crippen molar-refractivity contribution in [3.8, 4) is 0 Å². The van der Waals surface area contributed by atoms with Gasteiger partial charge in [0.15, 0.2) is 0 Å². The number of benzene rings is 1. The third-order valence-electron chi connectivity index (χ3n) is 2.46. The van der Waals surface area contributed by atoms with Crippen LogP contribution in [0.5, 0.6) is 0 Å². The van der Waals surface area contributed by atoms with Gasteiger partial charge in [0.05, 0.1) is 10.0 Å². The van der Waals surface area contributed by atoms with Crippen molar-refractivity contribution in [2.75, 3.05) is 0 Å². The van der Waals surface area contributed by atoms with Gasteiger partial charge in [-0.3, -0.25) is 0 Å². The molecule has 1 aromatic carbocycles. The first kappa shape index (κ1) is 12.7. The summed E-state index contributed by atoms with van der Waals surface area (Å²) in [6, 6.07) is 7.47. The Morgan fingerprint density at radius 1 is 1.16 bits per heavy atom. The van der Waals surface area contributed by atoms with E-state index in [-0.39, 0.29) is 0 Å². The van der Waals surface area contributed by atoms with Crippen LogP contribution < -0.4 is 0 Å². The molecular formula is C12H8Cl2N4S. The van der Waals surface area contributed by atoms with E-state index in [2.05, 4.69) is 15.1 Å². The molecule has 0 aliphatic heterocycles. The van der Waals surface area contributed by atoms with Crippen molar-refractivity contribution in [3.63, 3.8) is 0 Å². The summed E-state index contributed by atoms with van der Waals surface area (Å²) in [7, 11) is 0. The van der Waals surface area contributed by atoms with Crippen LogP contribution in [0.1, 0.15) is 5.69 Å². The highest BCUT2D eigenvalue weighted by Crippen LogP contribution is 2.32. The highest BCUT2D eigenvalue weighted by atomic mass is 35.5. The second-order valence-corrected chi connectivity index (χ2v) is 5.79. The molecule has 0 unspecified atom stereocenters. The van der Waals surface area contributed by atoms with Crippen molar-refractivity contribution in [2.24, 2.45) is 0 Å². The normalized spacial score (nSPS) is 11.1. The number of aromatic nitrogens is 4. The number of fused-ring (bicyclic) bond motifs is 1. The molecule has 2 heterocycles. The summed E-state index contributed by atoms with van der Waals surface area (Å²) in [6.07, 6.45) is 1.49. The minimum absolute atomic E-state index is 0.535. The molecule has 0 spiro atoms. The Morgan fingerprint density at radius 3 is 2.79 bits per heavy atom. The number of nitrogens with zero attached hydrogens (tertiary/aromatic N) is 4. The Labute approximate surface area is 123 Å². The zero-order valence-electron chi connectivity index (χ0n) is 9.84. The van der Waals surface area contributed by atoms with Crippen molar-refractivity contribution < 1.29 is 0 Å². The molecule has 2 aromatic heterocycles. The van der Waals surface area contributed by atoms with Crippen LogP contribution in [0.4, 0.5) is 0 Å². The number of rotatable bonds is 2. The summed E-state index contributed by atoms with van der Waals surface area (Å²) in [4.78, 5) is 9.38. The summed E-state index contributed by atoms with van der Waals surface area (Å²) in [6.45, 7) is 1.92. The third kappa shape index (κ3) is 2.54. The van der Waals surface area contributed by atoms with Gasteiger partial charge < -0.3 is 0 Å². The summed E-state index contributed by atoms with van der Waals surface area (Å²) in [5, 5.41) is 6.17. The minimum atomic E-state index is 0.535. The standard InChI is InChI=1S/C12H8Cl2N4S/c1-7-4-11(18-12(17-7)15-6-16-18)19-8-2-3-9(13)10(14)5-8/h2-6H,1H3. The molecule has 0 aliphatic carbocycles. The molecule has 0 N–H and O–H groups in total. The van der Waals surface area contributed by atoms with Crippen molar-refractivity contribution in [1.82, 2.24) is 19.6 Å². The van der Waals surface area contributed by atoms with Gasteiger partial charge in [0.2, 0.25) is 0 Å². The maximum atomic E-state index is 6.02. The van der Waals surface area contributed by atoms with Gasteiger partial charge >= 0.3 is 0 Å². The van der Waals surface area contributed by atoms with Crippen LogP contribution >= 0.6 is 35.0 Å². The second kappa shape index (κ2) is 5.00. The van der Waals surface area contributed by atoms with E-state index < -0.39 is 0 Å². The SMILES string of the molecule is Cc1cc(Sc2ccc(Cl)c(Cl)c2)n2ncnc2n1. The number of hydrogen-bond acceptors (Lipinski definition) is 4. The summed E-state index contributed by atoms with van der Waals surface area (Å²) >= 11 is 13.5. The zero-order chi connectivity index (χ0) is 13.4. The maximum absolute atomic E-state index is 6.02. The first-order valence-electron chi connectivity index (χ1n) is 5.44. The van der Waals surface area contributed by atoms with E-state index in [0.717, 1.165) is 15.6 Å². The lowest BCUT2D eigenvalue weighted by molar-refractivity contribution is 0.833. The van der Waals surface area contributed by atoms with E-state index in [1.807, 2.05) is 25.1 Å². The van der Waals surface area contributed by atoms with E-state index in [4.69, 9.17) is 23.2 Å².